The van der Waals surface area contributed by atoms with Gasteiger partial charge in [-0.1, -0.05) is 12.1 Å². The van der Waals surface area contributed by atoms with Crippen LogP contribution in [0.25, 0.3) is 0 Å². The average Bonchev–Trinajstić information content (AvgIpc) is 2.52. The molecule has 0 aliphatic rings. The topological polar surface area (TPSA) is 71.0 Å². The fourth-order valence-corrected chi connectivity index (χ4v) is 2.93. The van der Waals surface area contributed by atoms with Crippen molar-refractivity contribution in [2.45, 2.75) is 25.5 Å². The maximum absolute atomic E-state index is 13.5. The van der Waals surface area contributed by atoms with Crippen molar-refractivity contribution >= 4 is 15.8 Å². The third kappa shape index (κ3) is 6.53. The van der Waals surface area contributed by atoms with Gasteiger partial charge in [0.25, 0.3) is 0 Å². The van der Waals surface area contributed by atoms with Crippen molar-refractivity contribution in [2.75, 3.05) is 39.5 Å². The number of likely N-dealkylation sites (N-methyl/N-ethyl adjacent to an activating group) is 1. The molecule has 0 unspecified atom stereocenters. The second-order valence-corrected chi connectivity index (χ2v) is 9.47. The Morgan fingerprint density at radius 3 is 2.52 bits per heavy atom. The Balaban J connectivity index is 2.45. The number of hydrogen-bond acceptors (Lipinski definition) is 4. The van der Waals surface area contributed by atoms with E-state index in [1.807, 2.05) is 0 Å². The smallest absolute Gasteiger partial charge is 0.193 e. The van der Waals surface area contributed by atoms with E-state index in [9.17, 15) is 12.8 Å². The van der Waals surface area contributed by atoms with Crippen LogP contribution in [-0.4, -0.2) is 63.6 Å². The zero-order valence-electron chi connectivity index (χ0n) is 15.5. The van der Waals surface area contributed by atoms with Crippen LogP contribution in [0, 0.1) is 5.82 Å². The normalized spacial score (nSPS) is 12.8. The summed E-state index contributed by atoms with van der Waals surface area (Å²) >= 11 is 0. The molecule has 0 atom stereocenters. The predicted molar refractivity (Wildman–Crippen MR) is 99.4 cm³/mol. The highest BCUT2D eigenvalue weighted by atomic mass is 32.2. The molecule has 0 saturated heterocycles. The lowest BCUT2D eigenvalue weighted by atomic mass is 10.3. The fourth-order valence-electron chi connectivity index (χ4n) is 1.95. The lowest BCUT2D eigenvalue weighted by Crippen LogP contribution is -2.43. The highest BCUT2D eigenvalue weighted by molar-refractivity contribution is 7.92. The van der Waals surface area contributed by atoms with Crippen LogP contribution in [0.15, 0.2) is 29.3 Å². The first kappa shape index (κ1) is 21.2. The van der Waals surface area contributed by atoms with Crippen LogP contribution in [0.4, 0.5) is 4.39 Å². The number of sulfone groups is 1. The molecule has 0 saturated carbocycles. The number of nitrogens with one attached hydrogen (secondary N) is 1. The van der Waals surface area contributed by atoms with E-state index < -0.39 is 20.4 Å². The molecule has 0 aromatic heterocycles. The summed E-state index contributed by atoms with van der Waals surface area (Å²) in [5.74, 6) is 0.381. The Labute approximate surface area is 150 Å². The van der Waals surface area contributed by atoms with Gasteiger partial charge >= 0.3 is 0 Å². The van der Waals surface area contributed by atoms with Crippen LogP contribution in [0.2, 0.25) is 0 Å². The molecule has 0 heterocycles. The van der Waals surface area contributed by atoms with Crippen molar-refractivity contribution in [1.82, 2.24) is 10.2 Å². The molecule has 0 aliphatic heterocycles. The van der Waals surface area contributed by atoms with Crippen LogP contribution in [0.5, 0.6) is 5.75 Å². The van der Waals surface area contributed by atoms with E-state index in [1.54, 1.807) is 58.0 Å². The fraction of sp³-hybridized carbons (Fsp3) is 0.588. The Kier molecular flexibility index (Phi) is 7.66. The lowest BCUT2D eigenvalue weighted by molar-refractivity contribution is 0.270. The molecule has 0 aliphatic carbocycles. The van der Waals surface area contributed by atoms with E-state index in [0.717, 1.165) is 0 Å². The Hall–Kier alpha value is -1.83. The van der Waals surface area contributed by atoms with E-state index in [-0.39, 0.29) is 24.7 Å². The van der Waals surface area contributed by atoms with Gasteiger partial charge in [-0.3, -0.25) is 4.99 Å². The third-order valence-corrected chi connectivity index (χ3v) is 6.29. The number of guanidine groups is 1. The van der Waals surface area contributed by atoms with Crippen molar-refractivity contribution in [2.24, 2.45) is 4.99 Å². The molecule has 0 spiro atoms. The first-order chi connectivity index (χ1) is 11.6. The van der Waals surface area contributed by atoms with Gasteiger partial charge in [-0.2, -0.15) is 0 Å². The molecule has 142 valence electrons. The number of rotatable bonds is 7. The van der Waals surface area contributed by atoms with Gasteiger partial charge in [-0.25, -0.2) is 12.8 Å². The van der Waals surface area contributed by atoms with Crippen LogP contribution in [0.3, 0.4) is 0 Å². The Morgan fingerprint density at radius 1 is 1.32 bits per heavy atom. The molecule has 0 radical (unpaired) electrons. The summed E-state index contributed by atoms with van der Waals surface area (Å²) in [6.07, 6.45) is 0. The molecule has 0 amide bonds. The van der Waals surface area contributed by atoms with Crippen molar-refractivity contribution in [3.63, 3.8) is 0 Å². The maximum Gasteiger partial charge on any atom is 0.193 e. The number of para-hydroxylation sites is 1. The summed E-state index contributed by atoms with van der Waals surface area (Å²) in [7, 11) is 0.236. The number of hydrogen-bond donors (Lipinski definition) is 1. The van der Waals surface area contributed by atoms with Crippen LogP contribution < -0.4 is 10.1 Å². The molecule has 6 nitrogen and oxygen atoms in total. The Bertz CT molecular complexity index is 685. The molecule has 1 aromatic rings. The second-order valence-electron chi connectivity index (χ2n) is 6.61. The molecule has 1 aromatic carbocycles. The van der Waals surface area contributed by atoms with E-state index in [0.29, 0.717) is 12.5 Å². The zero-order valence-corrected chi connectivity index (χ0v) is 16.4. The van der Waals surface area contributed by atoms with Gasteiger partial charge in [0, 0.05) is 20.6 Å². The number of nitrogens with zero attached hydrogens (tertiary/aromatic N) is 2. The lowest BCUT2D eigenvalue weighted by Gasteiger charge is -2.23. The van der Waals surface area contributed by atoms with Gasteiger partial charge in [0.15, 0.2) is 27.4 Å². The van der Waals surface area contributed by atoms with E-state index in [1.165, 1.54) is 6.07 Å². The van der Waals surface area contributed by atoms with E-state index in [4.69, 9.17) is 4.74 Å². The molecular weight excluding hydrogens is 345 g/mol. The van der Waals surface area contributed by atoms with Crippen LogP contribution >= 0.6 is 0 Å². The molecule has 1 N–H and O–H groups in total. The van der Waals surface area contributed by atoms with Gasteiger partial charge < -0.3 is 15.0 Å². The summed E-state index contributed by atoms with van der Waals surface area (Å²) in [6.45, 7) is 6.07. The first-order valence-corrected chi connectivity index (χ1v) is 9.75. The number of halogens is 1. The summed E-state index contributed by atoms with van der Waals surface area (Å²) in [6, 6.07) is 6.22. The molecular formula is C17H28FN3O3S. The monoisotopic (exact) mass is 373 g/mol. The Morgan fingerprint density at radius 2 is 1.96 bits per heavy atom. The second kappa shape index (κ2) is 9.03. The minimum atomic E-state index is -3.19. The molecule has 25 heavy (non-hydrogen) atoms. The summed E-state index contributed by atoms with van der Waals surface area (Å²) in [5, 5.41) is 3.02. The summed E-state index contributed by atoms with van der Waals surface area (Å²) in [4.78, 5) is 5.92. The largest absolute Gasteiger partial charge is 0.489 e. The molecule has 0 bridgehead atoms. The van der Waals surface area contributed by atoms with Gasteiger partial charge in [0.05, 0.1) is 17.0 Å². The van der Waals surface area contributed by atoms with E-state index >= 15 is 0 Å². The van der Waals surface area contributed by atoms with Crippen molar-refractivity contribution in [3.8, 4) is 5.75 Å². The zero-order chi connectivity index (χ0) is 19.1. The van der Waals surface area contributed by atoms with Crippen molar-refractivity contribution in [3.05, 3.63) is 30.1 Å². The van der Waals surface area contributed by atoms with Gasteiger partial charge in [-0.05, 0) is 32.9 Å². The van der Waals surface area contributed by atoms with E-state index in [2.05, 4.69) is 10.3 Å². The minimum absolute atomic E-state index is 0.0229. The van der Waals surface area contributed by atoms with Gasteiger partial charge in [0.2, 0.25) is 0 Å². The standard InChI is InChI=1S/C17H28FN3O3S/c1-17(2,3)25(22,23)13-10-20-16(19-4)21(5)11-12-24-15-9-7-6-8-14(15)18/h6-9H,10-13H2,1-5H3,(H,19,20). The number of aliphatic imine (C=N–C) groups is 1. The molecule has 1 rings (SSSR count). The molecule has 8 heteroatoms. The quantitative estimate of drug-likeness (QED) is 0.584. The maximum atomic E-state index is 13.5. The first-order valence-electron chi connectivity index (χ1n) is 8.10. The highest BCUT2D eigenvalue weighted by Gasteiger charge is 2.28. The predicted octanol–water partition coefficient (Wildman–Crippen LogP) is 1.93. The average molecular weight is 373 g/mol. The third-order valence-electron chi connectivity index (χ3n) is 3.68. The van der Waals surface area contributed by atoms with Crippen molar-refractivity contribution < 1.29 is 17.5 Å². The van der Waals surface area contributed by atoms with Crippen LogP contribution in [0.1, 0.15) is 20.8 Å². The minimum Gasteiger partial charge on any atom is -0.489 e. The van der Waals surface area contributed by atoms with Gasteiger partial charge in [-0.15, -0.1) is 0 Å². The summed E-state index contributed by atoms with van der Waals surface area (Å²) in [5.41, 5.74) is 0. The van der Waals surface area contributed by atoms with Crippen molar-refractivity contribution in [1.29, 1.82) is 0 Å². The number of benzene rings is 1. The van der Waals surface area contributed by atoms with Gasteiger partial charge in [0.1, 0.15) is 6.61 Å². The SMILES string of the molecule is CN=C(NCCS(=O)(=O)C(C)(C)C)N(C)CCOc1ccccc1F. The number of ether oxygens (including phenoxy) is 1. The van der Waals surface area contributed by atoms with Crippen LogP contribution in [-0.2, 0) is 9.84 Å². The highest BCUT2D eigenvalue weighted by Crippen LogP contribution is 2.16. The molecule has 0 fully saturated rings. The summed E-state index contributed by atoms with van der Waals surface area (Å²) < 4.78 is 42.3.